The topological polar surface area (TPSA) is 62.1 Å². The molecule has 4 nitrogen and oxygen atoms in total. The van der Waals surface area contributed by atoms with Crippen molar-refractivity contribution in [2.24, 2.45) is 5.92 Å². The van der Waals surface area contributed by atoms with Crippen LogP contribution in [-0.4, -0.2) is 18.6 Å². The van der Waals surface area contributed by atoms with E-state index < -0.39 is 6.10 Å². The first-order chi connectivity index (χ1) is 12.5. The lowest BCUT2D eigenvalue weighted by atomic mass is 9.98. The second-order valence-corrected chi connectivity index (χ2v) is 6.78. The van der Waals surface area contributed by atoms with Gasteiger partial charge in [-0.1, -0.05) is 63.2 Å². The van der Waals surface area contributed by atoms with Gasteiger partial charge in [-0.2, -0.15) is 5.26 Å². The summed E-state index contributed by atoms with van der Waals surface area (Å²) in [5, 5.41) is 12.2. The third kappa shape index (κ3) is 5.35. The van der Waals surface area contributed by atoms with Crippen molar-refractivity contribution in [3.8, 4) is 11.8 Å². The van der Waals surface area contributed by atoms with Crippen molar-refractivity contribution in [1.82, 2.24) is 5.32 Å². The summed E-state index contributed by atoms with van der Waals surface area (Å²) in [7, 11) is 0. The Morgan fingerprint density at radius 1 is 1.08 bits per heavy atom. The van der Waals surface area contributed by atoms with Crippen molar-refractivity contribution in [3.63, 3.8) is 0 Å². The van der Waals surface area contributed by atoms with Gasteiger partial charge in [0.1, 0.15) is 11.8 Å². The van der Waals surface area contributed by atoms with E-state index in [0.29, 0.717) is 23.8 Å². The van der Waals surface area contributed by atoms with Crippen molar-refractivity contribution in [1.29, 1.82) is 5.26 Å². The largest absolute Gasteiger partial charge is 0.479 e. The highest BCUT2D eigenvalue weighted by Gasteiger charge is 2.25. The summed E-state index contributed by atoms with van der Waals surface area (Å²) in [6, 6.07) is 19.3. The average Bonchev–Trinajstić information content (AvgIpc) is 2.66. The van der Waals surface area contributed by atoms with E-state index in [1.807, 2.05) is 32.0 Å². The summed E-state index contributed by atoms with van der Waals surface area (Å²) in [5.41, 5.74) is 1.70. The molecule has 0 fully saturated rings. The fourth-order valence-corrected chi connectivity index (χ4v) is 2.75. The van der Waals surface area contributed by atoms with Crippen LogP contribution < -0.4 is 10.1 Å². The van der Waals surface area contributed by atoms with Gasteiger partial charge in [0.05, 0.1) is 5.56 Å². The predicted molar refractivity (Wildman–Crippen MR) is 103 cm³/mol. The van der Waals surface area contributed by atoms with Gasteiger partial charge in [-0.15, -0.1) is 0 Å². The molecule has 2 aromatic carbocycles. The van der Waals surface area contributed by atoms with Gasteiger partial charge in [0.2, 0.25) is 0 Å². The molecule has 2 aromatic rings. The van der Waals surface area contributed by atoms with Crippen LogP contribution in [0, 0.1) is 17.2 Å². The van der Waals surface area contributed by atoms with Gasteiger partial charge >= 0.3 is 0 Å². The Bertz CT molecular complexity index is 750. The first kappa shape index (κ1) is 19.5. The number of rotatable bonds is 8. The predicted octanol–water partition coefficient (Wildman–Crippen LogP) is 4.27. The molecule has 4 heteroatoms. The summed E-state index contributed by atoms with van der Waals surface area (Å²) in [6.45, 7) is 6.61. The number of para-hydroxylation sites is 1. The van der Waals surface area contributed by atoms with Crippen LogP contribution in [0.5, 0.6) is 5.75 Å². The molecule has 0 aliphatic carbocycles. The lowest BCUT2D eigenvalue weighted by Crippen LogP contribution is -2.42. The maximum atomic E-state index is 12.6. The summed E-state index contributed by atoms with van der Waals surface area (Å²) in [6.07, 6.45) is 0.228. The highest BCUT2D eigenvalue weighted by atomic mass is 16.5. The standard InChI is InChI=1S/C22H26N2O2/c1-16(2)21(26-20-12-8-7-11-19(20)15-23)22(25)24-14-13-17(3)18-9-5-4-6-10-18/h4-12,16-17,21H,13-14H2,1-3H3,(H,24,25). The van der Waals surface area contributed by atoms with Gasteiger partial charge in [0.15, 0.2) is 6.10 Å². The van der Waals surface area contributed by atoms with E-state index in [9.17, 15) is 10.1 Å². The molecule has 0 aliphatic heterocycles. The zero-order chi connectivity index (χ0) is 18.9. The second kappa shape index (κ2) is 9.62. The van der Waals surface area contributed by atoms with Crippen molar-refractivity contribution in [2.45, 2.75) is 39.2 Å². The smallest absolute Gasteiger partial charge is 0.261 e. The minimum absolute atomic E-state index is 0.00621. The van der Waals surface area contributed by atoms with E-state index in [1.165, 1.54) is 5.56 Å². The van der Waals surface area contributed by atoms with Gasteiger partial charge in [-0.05, 0) is 36.0 Å². The van der Waals surface area contributed by atoms with Crippen LogP contribution in [0.3, 0.4) is 0 Å². The molecule has 0 radical (unpaired) electrons. The molecular weight excluding hydrogens is 324 g/mol. The Hall–Kier alpha value is -2.80. The van der Waals surface area contributed by atoms with Crippen LogP contribution in [-0.2, 0) is 4.79 Å². The van der Waals surface area contributed by atoms with Crippen molar-refractivity contribution in [3.05, 3.63) is 65.7 Å². The first-order valence-corrected chi connectivity index (χ1v) is 9.01. The fraction of sp³-hybridized carbons (Fsp3) is 0.364. The van der Waals surface area contributed by atoms with Gasteiger partial charge in [0.25, 0.3) is 5.91 Å². The van der Waals surface area contributed by atoms with Crippen molar-refractivity contribution in [2.75, 3.05) is 6.54 Å². The Kier molecular flexibility index (Phi) is 7.23. The molecule has 2 rings (SSSR count). The maximum Gasteiger partial charge on any atom is 0.261 e. The number of benzene rings is 2. The minimum atomic E-state index is -0.628. The molecule has 1 amide bonds. The monoisotopic (exact) mass is 350 g/mol. The molecule has 0 saturated heterocycles. The van der Waals surface area contributed by atoms with Crippen molar-refractivity contribution >= 4 is 5.91 Å². The Labute approximate surface area is 155 Å². The van der Waals surface area contributed by atoms with Gasteiger partial charge in [-0.3, -0.25) is 4.79 Å². The number of carbonyl (C=O) groups excluding carboxylic acids is 1. The first-order valence-electron chi connectivity index (χ1n) is 9.01. The van der Waals surface area contributed by atoms with Gasteiger partial charge < -0.3 is 10.1 Å². The van der Waals surface area contributed by atoms with Crippen molar-refractivity contribution < 1.29 is 9.53 Å². The Morgan fingerprint density at radius 3 is 2.38 bits per heavy atom. The molecule has 0 aromatic heterocycles. The van der Waals surface area contributed by atoms with Crippen LogP contribution in [0.4, 0.5) is 0 Å². The van der Waals surface area contributed by atoms with Gasteiger partial charge in [-0.25, -0.2) is 0 Å². The minimum Gasteiger partial charge on any atom is -0.479 e. The summed E-state index contributed by atoms with van der Waals surface area (Å²) in [5.74, 6) is 0.664. The third-order valence-electron chi connectivity index (χ3n) is 4.37. The number of nitrogens with one attached hydrogen (secondary N) is 1. The third-order valence-corrected chi connectivity index (χ3v) is 4.37. The average molecular weight is 350 g/mol. The van der Waals surface area contributed by atoms with E-state index in [0.717, 1.165) is 6.42 Å². The molecule has 136 valence electrons. The molecule has 0 spiro atoms. The van der Waals surface area contributed by atoms with E-state index in [4.69, 9.17) is 4.74 Å². The number of hydrogen-bond acceptors (Lipinski definition) is 3. The summed E-state index contributed by atoms with van der Waals surface area (Å²) in [4.78, 5) is 12.6. The van der Waals surface area contributed by atoms with Crippen LogP contribution in [0.2, 0.25) is 0 Å². The molecular formula is C22H26N2O2. The zero-order valence-corrected chi connectivity index (χ0v) is 15.6. The molecule has 0 saturated carbocycles. The molecule has 0 heterocycles. The molecule has 1 N–H and O–H groups in total. The maximum absolute atomic E-state index is 12.6. The quantitative estimate of drug-likeness (QED) is 0.773. The van der Waals surface area contributed by atoms with E-state index in [1.54, 1.807) is 24.3 Å². The number of amides is 1. The zero-order valence-electron chi connectivity index (χ0n) is 15.6. The molecule has 0 aliphatic rings. The van der Waals surface area contributed by atoms with E-state index in [-0.39, 0.29) is 11.8 Å². The normalized spacial score (nSPS) is 12.9. The Balaban J connectivity index is 1.93. The lowest BCUT2D eigenvalue weighted by Gasteiger charge is -2.23. The SMILES string of the molecule is CC(CCNC(=O)C(Oc1ccccc1C#N)C(C)C)c1ccccc1. The van der Waals surface area contributed by atoms with E-state index in [2.05, 4.69) is 30.4 Å². The van der Waals surface area contributed by atoms with Crippen LogP contribution in [0.1, 0.15) is 44.2 Å². The highest BCUT2D eigenvalue weighted by molar-refractivity contribution is 5.81. The van der Waals surface area contributed by atoms with E-state index >= 15 is 0 Å². The summed E-state index contributed by atoms with van der Waals surface area (Å²) < 4.78 is 5.87. The fourth-order valence-electron chi connectivity index (χ4n) is 2.75. The lowest BCUT2D eigenvalue weighted by molar-refractivity contribution is -0.129. The number of carbonyl (C=O) groups is 1. The molecule has 26 heavy (non-hydrogen) atoms. The second-order valence-electron chi connectivity index (χ2n) is 6.78. The Morgan fingerprint density at radius 2 is 1.73 bits per heavy atom. The van der Waals surface area contributed by atoms with Crippen LogP contribution in [0.25, 0.3) is 0 Å². The van der Waals surface area contributed by atoms with Gasteiger partial charge in [0, 0.05) is 6.54 Å². The highest BCUT2D eigenvalue weighted by Crippen LogP contribution is 2.21. The number of nitriles is 1. The number of ether oxygens (including phenoxy) is 1. The van der Waals surface area contributed by atoms with Crippen LogP contribution >= 0.6 is 0 Å². The molecule has 2 atom stereocenters. The number of hydrogen-bond donors (Lipinski definition) is 1. The molecule has 0 bridgehead atoms. The summed E-state index contributed by atoms with van der Waals surface area (Å²) >= 11 is 0. The molecule has 2 unspecified atom stereocenters. The number of nitrogens with zero attached hydrogens (tertiary/aromatic N) is 1. The van der Waals surface area contributed by atoms with Crippen LogP contribution in [0.15, 0.2) is 54.6 Å².